The maximum atomic E-state index is 5.85. The Bertz CT molecular complexity index is 1600. The van der Waals surface area contributed by atoms with Crippen LogP contribution in [0, 0.1) is 37.3 Å². The van der Waals surface area contributed by atoms with Gasteiger partial charge in [0.05, 0.1) is 0 Å². The zero-order valence-corrected chi connectivity index (χ0v) is 29.9. The standard InChI is InChI=1S/C28H32B2O4.2C7H8/c1-27(2,3)21-13-15-23-25(19-21)33-29(31-23)17-11-9-7-8-10-12-18-30-32-24-16-14-22(28(4,5)6)20-26(24)34-30;2*1-7-5-3-2-4-6-7/h13-16,19-20H,7-10H2,1-6H3;2*2-6H,1H3. The molecule has 6 heteroatoms. The first-order chi connectivity index (χ1) is 22.9. The molecule has 0 fully saturated rings. The first-order valence-electron chi connectivity index (χ1n) is 16.8. The van der Waals surface area contributed by atoms with Crippen LogP contribution < -0.4 is 18.6 Å². The summed E-state index contributed by atoms with van der Waals surface area (Å²) in [6.07, 6.45) is 3.51. The molecule has 0 bridgehead atoms. The summed E-state index contributed by atoms with van der Waals surface area (Å²) in [6.45, 7) is 17.3. The number of unbranched alkanes of at least 4 members (excludes halogenated alkanes) is 3. The highest BCUT2D eigenvalue weighted by molar-refractivity contribution is 6.57. The lowest BCUT2D eigenvalue weighted by atomic mass is 9.87. The van der Waals surface area contributed by atoms with Crippen molar-refractivity contribution in [3.63, 3.8) is 0 Å². The Hall–Kier alpha value is -4.67. The molecule has 0 spiro atoms. The maximum Gasteiger partial charge on any atom is 0.690 e. The predicted octanol–water partition coefficient (Wildman–Crippen LogP) is 10.1. The Morgan fingerprint density at radius 1 is 0.479 bits per heavy atom. The third kappa shape index (κ3) is 11.5. The van der Waals surface area contributed by atoms with Crippen LogP contribution in [-0.4, -0.2) is 14.2 Å². The molecule has 2 aliphatic rings. The molecule has 2 heterocycles. The van der Waals surface area contributed by atoms with E-state index in [1.54, 1.807) is 0 Å². The van der Waals surface area contributed by atoms with Gasteiger partial charge in [-0.15, -0.1) is 11.8 Å². The van der Waals surface area contributed by atoms with Gasteiger partial charge in [0.2, 0.25) is 0 Å². The summed E-state index contributed by atoms with van der Waals surface area (Å²) in [5.74, 6) is 15.6. The van der Waals surface area contributed by atoms with Crippen molar-refractivity contribution in [2.24, 2.45) is 0 Å². The van der Waals surface area contributed by atoms with Gasteiger partial charge in [-0.25, -0.2) is 0 Å². The summed E-state index contributed by atoms with van der Waals surface area (Å²) < 4.78 is 23.3. The highest BCUT2D eigenvalue weighted by Gasteiger charge is 2.32. The van der Waals surface area contributed by atoms with Crippen LogP contribution in [0.2, 0.25) is 0 Å². The van der Waals surface area contributed by atoms with E-state index in [0.29, 0.717) is 0 Å². The van der Waals surface area contributed by atoms with Gasteiger partial charge in [-0.1, -0.05) is 137 Å². The molecule has 0 radical (unpaired) electrons. The minimum atomic E-state index is -0.526. The minimum absolute atomic E-state index is 0.0703. The van der Waals surface area contributed by atoms with Crippen LogP contribution in [-0.2, 0) is 10.8 Å². The largest absolute Gasteiger partial charge is 0.690 e. The fourth-order valence-electron chi connectivity index (χ4n) is 4.76. The molecule has 0 saturated heterocycles. The Kier molecular flexibility index (Phi) is 12.8. The van der Waals surface area contributed by atoms with E-state index in [2.05, 4.69) is 127 Å². The second kappa shape index (κ2) is 16.9. The zero-order valence-electron chi connectivity index (χ0n) is 29.9. The van der Waals surface area contributed by atoms with Crippen molar-refractivity contribution < 1.29 is 18.6 Å². The Morgan fingerprint density at radius 2 is 0.833 bits per heavy atom. The second-order valence-corrected chi connectivity index (χ2v) is 14.1. The van der Waals surface area contributed by atoms with Crippen molar-refractivity contribution in [1.29, 1.82) is 0 Å². The monoisotopic (exact) mass is 638 g/mol. The Balaban J connectivity index is 0.000000304. The van der Waals surface area contributed by atoms with E-state index in [4.69, 9.17) is 18.6 Å². The van der Waals surface area contributed by atoms with Gasteiger partial charge in [-0.3, -0.25) is 0 Å². The summed E-state index contributed by atoms with van der Waals surface area (Å²) in [5.41, 5.74) is 5.22. The molecule has 6 rings (SSSR count). The quantitative estimate of drug-likeness (QED) is 0.127. The van der Waals surface area contributed by atoms with Crippen molar-refractivity contribution in [2.75, 3.05) is 0 Å². The normalized spacial score (nSPS) is 12.3. The second-order valence-electron chi connectivity index (χ2n) is 14.1. The van der Waals surface area contributed by atoms with E-state index < -0.39 is 14.2 Å². The van der Waals surface area contributed by atoms with Crippen LogP contribution in [0.5, 0.6) is 23.0 Å². The first kappa shape index (κ1) is 36.2. The third-order valence-corrected chi connectivity index (χ3v) is 7.73. The van der Waals surface area contributed by atoms with Crippen LogP contribution in [0.25, 0.3) is 0 Å². The third-order valence-electron chi connectivity index (χ3n) is 7.73. The van der Waals surface area contributed by atoms with Crippen LogP contribution >= 0.6 is 0 Å². The highest BCUT2D eigenvalue weighted by Crippen LogP contribution is 2.38. The summed E-state index contributed by atoms with van der Waals surface area (Å²) in [7, 11) is -1.05. The average molecular weight is 638 g/mol. The van der Waals surface area contributed by atoms with Gasteiger partial charge in [0, 0.05) is 12.8 Å². The SMILES string of the molecule is CC(C)(C)c1ccc2c(c1)OB(C#CCCCCC#CB1Oc3ccc(C(C)(C)C)cc3O1)O2.Cc1ccccc1.Cc1ccccc1. The molecule has 0 unspecified atom stereocenters. The molecule has 4 nitrogen and oxygen atoms in total. The van der Waals surface area contributed by atoms with Crippen molar-refractivity contribution in [3.05, 3.63) is 119 Å². The number of hydrogen-bond acceptors (Lipinski definition) is 4. The summed E-state index contributed by atoms with van der Waals surface area (Å²) >= 11 is 0. The summed E-state index contributed by atoms with van der Waals surface area (Å²) in [6, 6.07) is 32.7. The molecule has 246 valence electrons. The zero-order chi connectivity index (χ0) is 34.6. The van der Waals surface area contributed by atoms with Crippen molar-refractivity contribution in [3.8, 4) is 46.5 Å². The molecule has 0 amide bonds. The molecular weight excluding hydrogens is 590 g/mol. The van der Waals surface area contributed by atoms with E-state index in [9.17, 15) is 0 Å². The van der Waals surface area contributed by atoms with Gasteiger partial charge < -0.3 is 18.6 Å². The average Bonchev–Trinajstić information content (AvgIpc) is 3.65. The lowest BCUT2D eigenvalue weighted by molar-refractivity contribution is 0.519. The van der Waals surface area contributed by atoms with E-state index in [-0.39, 0.29) is 10.8 Å². The Labute approximate surface area is 289 Å². The van der Waals surface area contributed by atoms with Gasteiger partial charge in [0.1, 0.15) is 23.0 Å². The maximum absolute atomic E-state index is 5.85. The van der Waals surface area contributed by atoms with E-state index in [1.807, 2.05) is 48.5 Å². The number of rotatable bonds is 3. The number of hydrogen-bond donors (Lipinski definition) is 0. The lowest BCUT2D eigenvalue weighted by Gasteiger charge is -2.19. The first-order valence-corrected chi connectivity index (χ1v) is 16.8. The minimum Gasteiger partial charge on any atom is -0.512 e. The number of aryl methyl sites for hydroxylation is 2. The van der Waals surface area contributed by atoms with Crippen LogP contribution in [0.15, 0.2) is 97.1 Å². The lowest BCUT2D eigenvalue weighted by Crippen LogP contribution is -2.22. The van der Waals surface area contributed by atoms with Crippen LogP contribution in [0.4, 0.5) is 0 Å². The predicted molar refractivity (Wildman–Crippen MR) is 201 cm³/mol. The van der Waals surface area contributed by atoms with Gasteiger partial charge in [-0.05, 0) is 72.9 Å². The molecule has 2 aliphatic heterocycles. The number of fused-ring (bicyclic) bond motifs is 2. The summed E-state index contributed by atoms with van der Waals surface area (Å²) in [5, 5.41) is 0. The molecule has 4 aromatic carbocycles. The molecule has 0 aromatic heterocycles. The van der Waals surface area contributed by atoms with Gasteiger partial charge >= 0.3 is 14.2 Å². The van der Waals surface area contributed by atoms with Crippen LogP contribution in [0.1, 0.15) is 89.5 Å². The van der Waals surface area contributed by atoms with Crippen molar-refractivity contribution >= 4 is 14.2 Å². The van der Waals surface area contributed by atoms with Crippen LogP contribution in [0.3, 0.4) is 0 Å². The molecule has 0 atom stereocenters. The van der Waals surface area contributed by atoms with E-state index in [1.165, 1.54) is 22.3 Å². The molecule has 0 aliphatic carbocycles. The molecule has 4 aromatic rings. The van der Waals surface area contributed by atoms with E-state index >= 15 is 0 Å². The topological polar surface area (TPSA) is 36.9 Å². The fourth-order valence-corrected chi connectivity index (χ4v) is 4.76. The van der Waals surface area contributed by atoms with E-state index in [0.717, 1.165) is 48.7 Å². The number of benzene rings is 4. The van der Waals surface area contributed by atoms with Gasteiger partial charge in [0.25, 0.3) is 0 Å². The molecule has 48 heavy (non-hydrogen) atoms. The van der Waals surface area contributed by atoms with Gasteiger partial charge in [-0.2, -0.15) is 0 Å². The molecule has 0 saturated carbocycles. The smallest absolute Gasteiger partial charge is 0.512 e. The fraction of sp³-hybridized carbons (Fsp3) is 0.333. The Morgan fingerprint density at radius 3 is 1.15 bits per heavy atom. The van der Waals surface area contributed by atoms with Crippen molar-refractivity contribution in [2.45, 2.75) is 91.9 Å². The van der Waals surface area contributed by atoms with Crippen molar-refractivity contribution in [1.82, 2.24) is 0 Å². The molecular formula is C42H48B2O4. The summed E-state index contributed by atoms with van der Waals surface area (Å²) in [4.78, 5) is 0. The molecule has 0 N–H and O–H groups in total. The van der Waals surface area contributed by atoms with Gasteiger partial charge in [0.15, 0.2) is 0 Å². The highest BCUT2D eigenvalue weighted by atomic mass is 16.6.